The van der Waals surface area contributed by atoms with Crippen molar-refractivity contribution in [3.05, 3.63) is 30.0 Å². The van der Waals surface area contributed by atoms with Crippen LogP contribution in [0.3, 0.4) is 0 Å². The van der Waals surface area contributed by atoms with Gasteiger partial charge in [-0.1, -0.05) is 20.8 Å². The first kappa shape index (κ1) is 13.1. The van der Waals surface area contributed by atoms with E-state index in [0.717, 1.165) is 0 Å². The Hall–Kier alpha value is -2.30. The van der Waals surface area contributed by atoms with E-state index in [1.807, 2.05) is 20.8 Å². The molecule has 0 aliphatic rings. The second-order valence-corrected chi connectivity index (χ2v) is 5.37. The standard InChI is InChI=1S/C14H15NO4/c1-14(2,3)13(18)15-9-4-5-10-8(6-9)7-11(19-10)12(16)17/h4-7H,1-3H3,(H,15,18)(H,16,17). The Labute approximate surface area is 110 Å². The summed E-state index contributed by atoms with van der Waals surface area (Å²) in [5.74, 6) is -1.33. The fourth-order valence-corrected chi connectivity index (χ4v) is 1.55. The Morgan fingerprint density at radius 1 is 1.21 bits per heavy atom. The first-order valence-corrected chi connectivity index (χ1v) is 5.86. The third-order valence-electron chi connectivity index (χ3n) is 2.67. The highest BCUT2D eigenvalue weighted by molar-refractivity contribution is 5.97. The molecule has 5 nitrogen and oxygen atoms in total. The van der Waals surface area contributed by atoms with Crippen molar-refractivity contribution in [2.75, 3.05) is 5.32 Å². The summed E-state index contributed by atoms with van der Waals surface area (Å²) in [7, 11) is 0. The molecule has 0 saturated carbocycles. The number of carbonyl (C=O) groups is 2. The smallest absolute Gasteiger partial charge is 0.371 e. The molecule has 5 heteroatoms. The zero-order valence-electron chi connectivity index (χ0n) is 11.0. The minimum Gasteiger partial charge on any atom is -0.475 e. The molecule has 19 heavy (non-hydrogen) atoms. The van der Waals surface area contributed by atoms with Crippen molar-refractivity contribution in [2.45, 2.75) is 20.8 Å². The Morgan fingerprint density at radius 3 is 2.47 bits per heavy atom. The van der Waals surface area contributed by atoms with Crippen LogP contribution in [0.1, 0.15) is 31.3 Å². The largest absolute Gasteiger partial charge is 0.475 e. The van der Waals surface area contributed by atoms with Crippen molar-refractivity contribution >= 4 is 28.5 Å². The van der Waals surface area contributed by atoms with Crippen LogP contribution in [0.5, 0.6) is 0 Å². The maximum atomic E-state index is 11.9. The van der Waals surface area contributed by atoms with Gasteiger partial charge in [-0.25, -0.2) is 4.79 Å². The van der Waals surface area contributed by atoms with E-state index < -0.39 is 11.4 Å². The van der Waals surface area contributed by atoms with E-state index in [2.05, 4.69) is 5.32 Å². The van der Waals surface area contributed by atoms with E-state index in [-0.39, 0.29) is 11.7 Å². The van der Waals surface area contributed by atoms with Gasteiger partial charge >= 0.3 is 5.97 Å². The summed E-state index contributed by atoms with van der Waals surface area (Å²) >= 11 is 0. The Bertz CT molecular complexity index is 649. The fraction of sp³-hybridized carbons (Fsp3) is 0.286. The second-order valence-electron chi connectivity index (χ2n) is 5.37. The van der Waals surface area contributed by atoms with Gasteiger partial charge in [0.05, 0.1) is 0 Å². The number of aromatic carboxylic acids is 1. The molecule has 2 aromatic rings. The van der Waals surface area contributed by atoms with Gasteiger partial charge in [-0.2, -0.15) is 0 Å². The van der Waals surface area contributed by atoms with Gasteiger partial charge in [0, 0.05) is 16.5 Å². The Balaban J connectivity index is 2.31. The van der Waals surface area contributed by atoms with Crippen LogP contribution in [0, 0.1) is 5.41 Å². The van der Waals surface area contributed by atoms with Crippen LogP contribution in [-0.4, -0.2) is 17.0 Å². The van der Waals surface area contributed by atoms with E-state index >= 15 is 0 Å². The second kappa shape index (κ2) is 4.42. The summed E-state index contributed by atoms with van der Waals surface area (Å²) in [5, 5.41) is 12.3. The molecule has 2 rings (SSSR count). The molecule has 0 aliphatic carbocycles. The van der Waals surface area contributed by atoms with Gasteiger partial charge in [0.25, 0.3) is 0 Å². The van der Waals surface area contributed by atoms with Crippen molar-refractivity contribution < 1.29 is 19.1 Å². The lowest BCUT2D eigenvalue weighted by molar-refractivity contribution is -0.123. The first-order valence-electron chi connectivity index (χ1n) is 5.86. The minimum atomic E-state index is -1.11. The average molecular weight is 261 g/mol. The quantitative estimate of drug-likeness (QED) is 0.870. The number of benzene rings is 1. The predicted octanol–water partition coefficient (Wildman–Crippen LogP) is 3.12. The Morgan fingerprint density at radius 2 is 1.89 bits per heavy atom. The third-order valence-corrected chi connectivity index (χ3v) is 2.67. The van der Waals surface area contributed by atoms with Gasteiger partial charge in [0.15, 0.2) is 0 Å². The molecule has 0 fully saturated rings. The summed E-state index contributed by atoms with van der Waals surface area (Å²) < 4.78 is 5.14. The fourth-order valence-electron chi connectivity index (χ4n) is 1.55. The maximum Gasteiger partial charge on any atom is 0.371 e. The summed E-state index contributed by atoms with van der Waals surface area (Å²) in [6.07, 6.45) is 0. The highest BCUT2D eigenvalue weighted by Gasteiger charge is 2.21. The normalized spacial score (nSPS) is 11.5. The summed E-state index contributed by atoms with van der Waals surface area (Å²) in [4.78, 5) is 22.7. The third kappa shape index (κ3) is 2.76. The molecule has 2 N–H and O–H groups in total. The number of carboxylic acid groups (broad SMARTS) is 1. The van der Waals surface area contributed by atoms with Crippen LogP contribution in [0.4, 0.5) is 5.69 Å². The number of carbonyl (C=O) groups excluding carboxylic acids is 1. The zero-order chi connectivity index (χ0) is 14.2. The van der Waals surface area contributed by atoms with E-state index in [1.165, 1.54) is 6.07 Å². The molecule has 0 atom stereocenters. The molecule has 1 amide bonds. The summed E-state index contributed by atoms with van der Waals surface area (Å²) in [6, 6.07) is 6.44. The lowest BCUT2D eigenvalue weighted by Gasteiger charge is -2.17. The zero-order valence-corrected chi connectivity index (χ0v) is 11.0. The SMILES string of the molecule is CC(C)(C)C(=O)Nc1ccc2oc(C(=O)O)cc2c1. The predicted molar refractivity (Wildman–Crippen MR) is 71.3 cm³/mol. The molecular formula is C14H15NO4. The van der Waals surface area contributed by atoms with Crippen LogP contribution >= 0.6 is 0 Å². The van der Waals surface area contributed by atoms with E-state index in [9.17, 15) is 9.59 Å². The minimum absolute atomic E-state index is 0.103. The van der Waals surface area contributed by atoms with E-state index in [4.69, 9.17) is 9.52 Å². The summed E-state index contributed by atoms with van der Waals surface area (Å²) in [5.41, 5.74) is 0.605. The number of fused-ring (bicyclic) bond motifs is 1. The number of carboxylic acids is 1. The molecule has 0 aliphatic heterocycles. The van der Waals surface area contributed by atoms with Crippen molar-refractivity contribution in [2.24, 2.45) is 5.41 Å². The molecule has 0 unspecified atom stereocenters. The number of hydrogen-bond donors (Lipinski definition) is 2. The molecule has 100 valence electrons. The maximum absolute atomic E-state index is 11.9. The Kier molecular flexibility index (Phi) is 3.06. The lowest BCUT2D eigenvalue weighted by Crippen LogP contribution is -2.27. The van der Waals surface area contributed by atoms with Crippen molar-refractivity contribution in [1.82, 2.24) is 0 Å². The highest BCUT2D eigenvalue weighted by Crippen LogP contribution is 2.24. The summed E-state index contributed by atoms with van der Waals surface area (Å²) in [6.45, 7) is 5.46. The van der Waals surface area contributed by atoms with Gasteiger partial charge in [-0.15, -0.1) is 0 Å². The molecule has 1 heterocycles. The van der Waals surface area contributed by atoms with Crippen LogP contribution in [0.15, 0.2) is 28.7 Å². The van der Waals surface area contributed by atoms with Gasteiger partial charge < -0.3 is 14.8 Å². The van der Waals surface area contributed by atoms with E-state index in [1.54, 1.807) is 18.2 Å². The molecular weight excluding hydrogens is 246 g/mol. The van der Waals surface area contributed by atoms with Crippen molar-refractivity contribution in [1.29, 1.82) is 0 Å². The molecule has 0 saturated heterocycles. The van der Waals surface area contributed by atoms with Crippen LogP contribution in [-0.2, 0) is 4.79 Å². The number of furan rings is 1. The number of nitrogens with one attached hydrogen (secondary N) is 1. The lowest BCUT2D eigenvalue weighted by atomic mass is 9.95. The number of anilines is 1. The molecule has 0 radical (unpaired) electrons. The van der Waals surface area contributed by atoms with Crippen molar-refractivity contribution in [3.8, 4) is 0 Å². The van der Waals surface area contributed by atoms with Gasteiger partial charge in [0.1, 0.15) is 5.58 Å². The van der Waals surface area contributed by atoms with Gasteiger partial charge in [0.2, 0.25) is 11.7 Å². The van der Waals surface area contributed by atoms with Crippen molar-refractivity contribution in [3.63, 3.8) is 0 Å². The van der Waals surface area contributed by atoms with Crippen LogP contribution in [0.25, 0.3) is 11.0 Å². The number of rotatable bonds is 2. The van der Waals surface area contributed by atoms with E-state index in [0.29, 0.717) is 16.7 Å². The molecule has 1 aromatic heterocycles. The van der Waals surface area contributed by atoms with Gasteiger partial charge in [-0.05, 0) is 24.3 Å². The average Bonchev–Trinajstić information content (AvgIpc) is 2.70. The van der Waals surface area contributed by atoms with Crippen LogP contribution < -0.4 is 5.32 Å². The number of amides is 1. The molecule has 0 bridgehead atoms. The first-order chi connectivity index (χ1) is 8.77. The number of hydrogen-bond acceptors (Lipinski definition) is 3. The topological polar surface area (TPSA) is 79.5 Å². The van der Waals surface area contributed by atoms with Gasteiger partial charge in [-0.3, -0.25) is 4.79 Å². The molecule has 1 aromatic carbocycles. The molecule has 0 spiro atoms. The monoisotopic (exact) mass is 261 g/mol. The highest BCUT2D eigenvalue weighted by atomic mass is 16.4. The van der Waals surface area contributed by atoms with Crippen LogP contribution in [0.2, 0.25) is 0 Å².